The molecule has 0 heterocycles. The van der Waals surface area contributed by atoms with Gasteiger partial charge in [-0.05, 0) is 23.6 Å². The fourth-order valence-electron chi connectivity index (χ4n) is 1.78. The number of benzene rings is 1. The van der Waals surface area contributed by atoms with Gasteiger partial charge in [0.1, 0.15) is 0 Å². The van der Waals surface area contributed by atoms with Crippen molar-refractivity contribution in [3.63, 3.8) is 0 Å². The van der Waals surface area contributed by atoms with Crippen molar-refractivity contribution in [2.24, 2.45) is 0 Å². The van der Waals surface area contributed by atoms with Crippen molar-refractivity contribution in [2.45, 2.75) is 25.0 Å². The molecule has 0 aliphatic heterocycles. The summed E-state index contributed by atoms with van der Waals surface area (Å²) in [4.78, 5) is 10.8. The highest BCUT2D eigenvalue weighted by Gasteiger charge is 2.30. The molecule has 1 aromatic rings. The molecule has 0 radical (unpaired) electrons. The van der Waals surface area contributed by atoms with Gasteiger partial charge in [0.05, 0.1) is 11.3 Å². The summed E-state index contributed by atoms with van der Waals surface area (Å²) in [5.41, 5.74) is 0.170. The molecule has 1 aromatic carbocycles. The molecule has 0 saturated heterocycles. The molecule has 5 N–H and O–H groups in total. The highest BCUT2D eigenvalue weighted by molar-refractivity contribution is 7.88. The Morgan fingerprint density at radius 2 is 1.95 bits per heavy atom. The first-order valence-electron chi connectivity index (χ1n) is 6.19. The van der Waals surface area contributed by atoms with Gasteiger partial charge in [0.25, 0.3) is 0 Å². The molecular weight excluding hydrogens is 301 g/mol. The van der Waals surface area contributed by atoms with Crippen LogP contribution in [-0.4, -0.2) is 47.3 Å². The lowest BCUT2D eigenvalue weighted by atomic mass is 9.69. The molecule has 0 amide bonds. The first-order chi connectivity index (χ1) is 9.55. The summed E-state index contributed by atoms with van der Waals surface area (Å²) < 4.78 is 25.8. The molecule has 10 heteroatoms. The molecule has 0 aliphatic carbocycles. The third-order valence-corrected chi connectivity index (χ3v) is 4.22. The Hall–Kier alpha value is -1.46. The van der Waals surface area contributed by atoms with Crippen LogP contribution in [0.5, 0.6) is 0 Å². The normalized spacial score (nSPS) is 13.9. The molecule has 0 fully saturated rings. The number of sulfonamides is 1. The smallest absolute Gasteiger partial charge is 0.389 e. The van der Waals surface area contributed by atoms with Crippen molar-refractivity contribution in [3.8, 4) is 0 Å². The van der Waals surface area contributed by atoms with Gasteiger partial charge < -0.3 is 20.2 Å². The van der Waals surface area contributed by atoms with Gasteiger partial charge in [0, 0.05) is 0 Å². The molecule has 1 rings (SSSR count). The number of carboxylic acids is 1. The molecule has 0 aromatic heterocycles. The molecule has 118 valence electrons. The summed E-state index contributed by atoms with van der Waals surface area (Å²) in [5.74, 6) is -3.16. The Bertz CT molecular complexity index is 611. The zero-order valence-electron chi connectivity index (χ0n) is 11.3. The van der Waals surface area contributed by atoms with Crippen molar-refractivity contribution in [1.29, 1.82) is 0 Å². The summed E-state index contributed by atoms with van der Waals surface area (Å²) in [6, 6.07) is 5.37. The van der Waals surface area contributed by atoms with Crippen LogP contribution in [0, 0.1) is 0 Å². The van der Waals surface area contributed by atoms with Crippen LogP contribution >= 0.6 is 0 Å². The van der Waals surface area contributed by atoms with E-state index in [-0.39, 0.29) is 17.5 Å². The minimum Gasteiger partial charge on any atom is -0.559 e. The number of rotatable bonds is 7. The minimum absolute atomic E-state index is 0.0299. The maximum Gasteiger partial charge on any atom is 0.389 e. The minimum atomic E-state index is -3.98. The van der Waals surface area contributed by atoms with E-state index in [1.54, 1.807) is 0 Å². The fourth-order valence-corrected chi connectivity index (χ4v) is 3.29. The van der Waals surface area contributed by atoms with Crippen molar-refractivity contribution < 1.29 is 33.4 Å². The molecule has 0 bridgehead atoms. The predicted molar refractivity (Wildman–Crippen MR) is 75.7 cm³/mol. The summed E-state index contributed by atoms with van der Waals surface area (Å²) >= 11 is 0. The van der Waals surface area contributed by atoms with Gasteiger partial charge in [0.15, 0.2) is 0 Å². The van der Waals surface area contributed by atoms with Crippen LogP contribution in [-0.2, 0) is 15.8 Å². The van der Waals surface area contributed by atoms with E-state index >= 15 is 0 Å². The summed E-state index contributed by atoms with van der Waals surface area (Å²) in [5, 5.41) is 36.1. The molecular formula is C11H17BNO7S-. The van der Waals surface area contributed by atoms with Crippen LogP contribution < -0.4 is 4.72 Å². The monoisotopic (exact) mass is 318 g/mol. The Balaban J connectivity index is 2.90. The molecule has 0 spiro atoms. The summed E-state index contributed by atoms with van der Waals surface area (Å²) in [7, 11) is -3.98. The number of hydrogen-bond donors (Lipinski definition) is 5. The Labute approximate surface area is 122 Å². The SMILES string of the molecule is CC[C@@H](NS(=O)(=O)Cc1cccc(C(=O)O)c1)[B-](O)(O)O. The van der Waals surface area contributed by atoms with E-state index in [9.17, 15) is 13.2 Å². The van der Waals surface area contributed by atoms with Crippen molar-refractivity contribution in [2.75, 3.05) is 0 Å². The maximum atomic E-state index is 11.9. The average molecular weight is 318 g/mol. The zero-order valence-corrected chi connectivity index (χ0v) is 12.1. The van der Waals surface area contributed by atoms with Crippen LogP contribution in [0.1, 0.15) is 29.3 Å². The van der Waals surface area contributed by atoms with Gasteiger partial charge >= 0.3 is 12.7 Å². The van der Waals surface area contributed by atoms with Crippen molar-refractivity contribution in [1.82, 2.24) is 4.72 Å². The summed E-state index contributed by atoms with van der Waals surface area (Å²) in [6.07, 6.45) is -0.0299. The van der Waals surface area contributed by atoms with E-state index in [1.165, 1.54) is 31.2 Å². The van der Waals surface area contributed by atoms with E-state index in [4.69, 9.17) is 20.2 Å². The molecule has 0 aliphatic rings. The largest absolute Gasteiger partial charge is 0.559 e. The van der Waals surface area contributed by atoms with E-state index < -0.39 is 34.4 Å². The third-order valence-electron chi connectivity index (χ3n) is 2.84. The molecule has 21 heavy (non-hydrogen) atoms. The highest BCUT2D eigenvalue weighted by atomic mass is 32.2. The average Bonchev–Trinajstić information content (AvgIpc) is 2.34. The lowest BCUT2D eigenvalue weighted by Gasteiger charge is -2.31. The van der Waals surface area contributed by atoms with Gasteiger partial charge in [0.2, 0.25) is 10.0 Å². The topological polar surface area (TPSA) is 144 Å². The fraction of sp³-hybridized carbons (Fsp3) is 0.364. The lowest BCUT2D eigenvalue weighted by molar-refractivity contribution is 0.0696. The zero-order chi connectivity index (χ0) is 16.3. The molecule has 0 saturated carbocycles. The van der Waals surface area contributed by atoms with Gasteiger partial charge in [-0.2, -0.15) is 0 Å². The standard InChI is InChI=1S/C11H17BNO7S/c1-2-10(12(16,17)18)13-21(19,20)7-8-4-3-5-9(6-8)11(14)15/h3-6,10,13,16-18H,2,7H2,1H3,(H,14,15)/q-1/t10-/m1/s1. The Morgan fingerprint density at radius 3 is 2.43 bits per heavy atom. The predicted octanol–water partition coefficient (Wildman–Crippen LogP) is -0.962. The quantitative estimate of drug-likeness (QED) is 0.407. The van der Waals surface area contributed by atoms with E-state index in [2.05, 4.69) is 0 Å². The van der Waals surface area contributed by atoms with Gasteiger partial charge in [-0.25, -0.2) is 17.9 Å². The van der Waals surface area contributed by atoms with Gasteiger partial charge in [-0.15, -0.1) is 0 Å². The van der Waals surface area contributed by atoms with Crippen LogP contribution in [0.3, 0.4) is 0 Å². The van der Waals surface area contributed by atoms with E-state index in [0.29, 0.717) is 0 Å². The summed E-state index contributed by atoms with van der Waals surface area (Å²) in [6.45, 7) is -2.36. The lowest BCUT2D eigenvalue weighted by Crippen LogP contribution is -2.57. The van der Waals surface area contributed by atoms with Crippen LogP contribution in [0.4, 0.5) is 0 Å². The van der Waals surface area contributed by atoms with Gasteiger partial charge in [-0.1, -0.05) is 25.5 Å². The number of hydrogen-bond acceptors (Lipinski definition) is 6. The van der Waals surface area contributed by atoms with Crippen molar-refractivity contribution >= 4 is 22.7 Å². The molecule has 1 atom stereocenters. The molecule has 0 unspecified atom stereocenters. The highest BCUT2D eigenvalue weighted by Crippen LogP contribution is 2.11. The number of nitrogens with one attached hydrogen (secondary N) is 1. The second-order valence-corrected chi connectivity index (χ2v) is 6.44. The molecule has 8 nitrogen and oxygen atoms in total. The number of aromatic carboxylic acids is 1. The van der Waals surface area contributed by atoms with Crippen LogP contribution in [0.25, 0.3) is 0 Å². The number of carbonyl (C=O) groups is 1. The maximum absolute atomic E-state index is 11.9. The van der Waals surface area contributed by atoms with Crippen molar-refractivity contribution in [3.05, 3.63) is 35.4 Å². The second kappa shape index (κ2) is 6.54. The Kier molecular flexibility index (Phi) is 5.48. The third kappa shape index (κ3) is 5.44. The first kappa shape index (κ1) is 17.6. The Morgan fingerprint density at radius 1 is 1.33 bits per heavy atom. The van der Waals surface area contributed by atoms with E-state index in [0.717, 1.165) is 0 Å². The van der Waals surface area contributed by atoms with E-state index in [1.807, 2.05) is 4.72 Å². The number of carboxylic acid groups (broad SMARTS) is 1. The van der Waals surface area contributed by atoms with Crippen LogP contribution in [0.2, 0.25) is 0 Å². The van der Waals surface area contributed by atoms with Gasteiger partial charge in [-0.3, -0.25) is 0 Å². The second-order valence-electron chi connectivity index (χ2n) is 4.69. The van der Waals surface area contributed by atoms with Crippen LogP contribution in [0.15, 0.2) is 24.3 Å². The first-order valence-corrected chi connectivity index (χ1v) is 7.84.